The number of sulfonamides is 1. The second kappa shape index (κ2) is 9.38. The molecule has 2 N–H and O–H groups in total. The number of carbonyl (C=O) groups excluding carboxylic acids is 1. The Balaban J connectivity index is 1.96. The van der Waals surface area contributed by atoms with Crippen molar-refractivity contribution in [3.05, 3.63) is 65.5 Å². The predicted octanol–water partition coefficient (Wildman–Crippen LogP) is 3.46. The molecule has 0 atom stereocenters. The van der Waals surface area contributed by atoms with Crippen molar-refractivity contribution < 1.29 is 17.9 Å². The summed E-state index contributed by atoms with van der Waals surface area (Å²) in [5, 5.41) is 5.22. The van der Waals surface area contributed by atoms with Crippen LogP contribution >= 0.6 is 11.3 Å². The van der Waals surface area contributed by atoms with Crippen molar-refractivity contribution >= 4 is 37.5 Å². The van der Waals surface area contributed by atoms with Crippen molar-refractivity contribution in [1.29, 1.82) is 0 Å². The van der Waals surface area contributed by atoms with Crippen LogP contribution in [0.25, 0.3) is 10.2 Å². The fourth-order valence-corrected chi connectivity index (χ4v) is 4.49. The molecule has 0 fully saturated rings. The first-order valence-corrected chi connectivity index (χ1v) is 11.8. The minimum atomic E-state index is -3.82. The Labute approximate surface area is 179 Å². The first-order chi connectivity index (χ1) is 14.3. The van der Waals surface area contributed by atoms with E-state index in [-0.39, 0.29) is 4.90 Å². The van der Waals surface area contributed by atoms with Crippen LogP contribution in [0.3, 0.4) is 0 Å². The van der Waals surface area contributed by atoms with Crippen molar-refractivity contribution in [2.75, 3.05) is 6.61 Å². The molecule has 1 aromatic heterocycles. The zero-order chi connectivity index (χ0) is 21.7. The number of hydrogen-bond donors (Lipinski definition) is 1. The summed E-state index contributed by atoms with van der Waals surface area (Å²) in [5.41, 5.74) is 1.18. The molecule has 3 aromatic rings. The fourth-order valence-electron chi connectivity index (χ4n) is 2.80. The van der Waals surface area contributed by atoms with Crippen molar-refractivity contribution in [1.82, 2.24) is 4.57 Å². The van der Waals surface area contributed by atoms with Crippen LogP contribution in [0.1, 0.15) is 30.1 Å². The molecule has 0 aliphatic rings. The summed E-state index contributed by atoms with van der Waals surface area (Å²) in [5.74, 6) is 0.310. The minimum absolute atomic E-state index is 0.0125. The molecule has 9 heteroatoms. The maximum absolute atomic E-state index is 12.7. The average Bonchev–Trinajstić information content (AvgIpc) is 3.05. The lowest BCUT2D eigenvalue weighted by Crippen LogP contribution is -2.16. The van der Waals surface area contributed by atoms with E-state index in [1.165, 1.54) is 23.5 Å². The molecule has 0 radical (unpaired) electrons. The van der Waals surface area contributed by atoms with Gasteiger partial charge in [0.2, 0.25) is 10.0 Å². The maximum Gasteiger partial charge on any atom is 0.279 e. The highest BCUT2D eigenvalue weighted by atomic mass is 32.2. The highest BCUT2D eigenvalue weighted by Crippen LogP contribution is 2.21. The quantitative estimate of drug-likeness (QED) is 0.423. The van der Waals surface area contributed by atoms with Crippen LogP contribution in [0, 0.1) is 0 Å². The lowest BCUT2D eigenvalue weighted by molar-refractivity contribution is 0.0998. The molecule has 0 aliphatic heterocycles. The first-order valence-electron chi connectivity index (χ1n) is 9.42. The molecule has 2 aromatic carbocycles. The number of nitrogens with two attached hydrogens (primary N) is 1. The number of carbonyl (C=O) groups is 1. The van der Waals surface area contributed by atoms with E-state index in [4.69, 9.17) is 9.88 Å². The van der Waals surface area contributed by atoms with E-state index in [1.54, 1.807) is 41.0 Å². The van der Waals surface area contributed by atoms with Gasteiger partial charge in [-0.3, -0.25) is 4.79 Å². The van der Waals surface area contributed by atoms with Crippen molar-refractivity contribution in [2.45, 2.75) is 31.2 Å². The smallest absolute Gasteiger partial charge is 0.279 e. The lowest BCUT2D eigenvalue weighted by Gasteiger charge is -2.05. The van der Waals surface area contributed by atoms with Gasteiger partial charge in [-0.25, -0.2) is 13.6 Å². The first kappa shape index (κ1) is 21.9. The van der Waals surface area contributed by atoms with Crippen molar-refractivity contribution in [3.8, 4) is 5.75 Å². The van der Waals surface area contributed by atoms with Gasteiger partial charge in [0.1, 0.15) is 5.75 Å². The van der Waals surface area contributed by atoms with Crippen LogP contribution in [0.15, 0.2) is 65.0 Å². The van der Waals surface area contributed by atoms with Crippen LogP contribution in [0.5, 0.6) is 5.75 Å². The lowest BCUT2D eigenvalue weighted by atomic mass is 10.2. The van der Waals surface area contributed by atoms with Gasteiger partial charge in [-0.15, -0.1) is 6.58 Å². The van der Waals surface area contributed by atoms with Gasteiger partial charge >= 0.3 is 0 Å². The van der Waals surface area contributed by atoms with Gasteiger partial charge in [-0.2, -0.15) is 4.99 Å². The topological polar surface area (TPSA) is 104 Å². The van der Waals surface area contributed by atoms with E-state index < -0.39 is 15.9 Å². The molecule has 0 saturated carbocycles. The van der Waals surface area contributed by atoms with Gasteiger partial charge in [0.05, 0.1) is 21.7 Å². The summed E-state index contributed by atoms with van der Waals surface area (Å²) in [6, 6.07) is 11.4. The maximum atomic E-state index is 12.7. The highest BCUT2D eigenvalue weighted by Gasteiger charge is 2.13. The number of nitrogens with zero attached hydrogens (tertiary/aromatic N) is 2. The molecule has 0 unspecified atom stereocenters. The standard InChI is InChI=1S/C21H23N3O4S2/c1-3-5-13-28-16-8-6-15(7-9-16)20(25)23-21-24(12-4-2)18-11-10-17(30(22,26)27)14-19(18)29-21/h4,6-11,14H,2-3,5,12-13H2,1H3,(H2,22,26,27). The number of thiazole rings is 1. The summed E-state index contributed by atoms with van der Waals surface area (Å²) >= 11 is 1.22. The monoisotopic (exact) mass is 445 g/mol. The van der Waals surface area contributed by atoms with E-state index >= 15 is 0 Å². The minimum Gasteiger partial charge on any atom is -0.494 e. The second-order valence-corrected chi connectivity index (χ2v) is 9.17. The largest absolute Gasteiger partial charge is 0.494 e. The predicted molar refractivity (Wildman–Crippen MR) is 118 cm³/mol. The molecule has 1 amide bonds. The number of rotatable bonds is 8. The fraction of sp³-hybridized carbons (Fsp3) is 0.238. The third kappa shape index (κ3) is 5.05. The van der Waals surface area contributed by atoms with E-state index in [9.17, 15) is 13.2 Å². The van der Waals surface area contributed by atoms with E-state index in [2.05, 4.69) is 18.5 Å². The molecule has 3 rings (SSSR count). The van der Waals surface area contributed by atoms with Crippen LogP contribution in [0.4, 0.5) is 0 Å². The Morgan fingerprint density at radius 3 is 2.63 bits per heavy atom. The molecule has 0 bridgehead atoms. The number of amides is 1. The van der Waals surface area contributed by atoms with Gasteiger partial charge in [0.25, 0.3) is 5.91 Å². The molecule has 30 heavy (non-hydrogen) atoms. The van der Waals surface area contributed by atoms with E-state index in [0.717, 1.165) is 18.4 Å². The molecule has 0 aliphatic carbocycles. The normalized spacial score (nSPS) is 12.3. The van der Waals surface area contributed by atoms with Gasteiger partial charge in [0.15, 0.2) is 4.80 Å². The average molecular weight is 446 g/mol. The Bertz CT molecular complexity index is 1240. The Kier molecular flexibility index (Phi) is 6.86. The van der Waals surface area contributed by atoms with Gasteiger partial charge in [-0.05, 0) is 48.9 Å². The van der Waals surface area contributed by atoms with Crippen molar-refractivity contribution in [2.24, 2.45) is 10.1 Å². The third-order valence-electron chi connectivity index (χ3n) is 4.36. The number of fused-ring (bicyclic) bond motifs is 1. The number of hydrogen-bond acceptors (Lipinski definition) is 5. The summed E-state index contributed by atoms with van der Waals surface area (Å²) in [6.45, 7) is 6.90. The van der Waals surface area contributed by atoms with E-state index in [1.807, 2.05) is 0 Å². The van der Waals surface area contributed by atoms with Gasteiger partial charge in [-0.1, -0.05) is 30.8 Å². The number of benzene rings is 2. The molecule has 7 nitrogen and oxygen atoms in total. The number of unbranched alkanes of at least 4 members (excludes halogenated alkanes) is 1. The summed E-state index contributed by atoms with van der Waals surface area (Å²) in [6.07, 6.45) is 3.71. The number of aromatic nitrogens is 1. The number of ether oxygens (including phenoxy) is 1. The number of allylic oxidation sites excluding steroid dienone is 1. The number of primary sulfonamides is 1. The SMILES string of the molecule is C=CCn1c(=NC(=O)c2ccc(OCCCC)cc2)sc2cc(S(N)(=O)=O)ccc21. The van der Waals surface area contributed by atoms with Gasteiger partial charge in [0, 0.05) is 12.1 Å². The molecule has 1 heterocycles. The molecular formula is C21H23N3O4S2. The summed E-state index contributed by atoms with van der Waals surface area (Å²) in [7, 11) is -3.82. The summed E-state index contributed by atoms with van der Waals surface area (Å²) in [4.78, 5) is 17.4. The Morgan fingerprint density at radius 2 is 2.00 bits per heavy atom. The van der Waals surface area contributed by atoms with Crippen molar-refractivity contribution in [3.63, 3.8) is 0 Å². The molecule has 0 saturated heterocycles. The summed E-state index contributed by atoms with van der Waals surface area (Å²) < 4.78 is 31.4. The zero-order valence-electron chi connectivity index (χ0n) is 16.6. The van der Waals surface area contributed by atoms with E-state index in [0.29, 0.717) is 34.0 Å². The Morgan fingerprint density at radius 1 is 1.27 bits per heavy atom. The molecule has 0 spiro atoms. The van der Waals surface area contributed by atoms with Crippen LogP contribution in [-0.2, 0) is 16.6 Å². The van der Waals surface area contributed by atoms with Crippen LogP contribution in [0.2, 0.25) is 0 Å². The molecular weight excluding hydrogens is 422 g/mol. The zero-order valence-corrected chi connectivity index (χ0v) is 18.2. The highest BCUT2D eigenvalue weighted by molar-refractivity contribution is 7.89. The van der Waals surface area contributed by atoms with Gasteiger partial charge < -0.3 is 9.30 Å². The Hall–Kier alpha value is -2.75. The van der Waals surface area contributed by atoms with Crippen LogP contribution in [-0.4, -0.2) is 25.5 Å². The third-order valence-corrected chi connectivity index (χ3v) is 6.31. The molecule has 158 valence electrons. The van der Waals surface area contributed by atoms with Crippen LogP contribution < -0.4 is 14.7 Å². The second-order valence-electron chi connectivity index (χ2n) is 6.60.